The molecule has 4 aliphatic heterocycles. The minimum Gasteiger partial charge on any atom is -0.481 e. The van der Waals surface area contributed by atoms with Crippen molar-refractivity contribution in [1.82, 2.24) is 14.7 Å². The van der Waals surface area contributed by atoms with Crippen molar-refractivity contribution in [1.29, 1.82) is 0 Å². The molecule has 0 aromatic heterocycles. The Morgan fingerprint density at radius 1 is 1.29 bits per heavy atom. The number of nitrogens with zero attached hydrogens (tertiary/aromatic N) is 3. The molecule has 2 N–H and O–H groups in total. The SMILES string of the molecule is C=CCN(CCN1CCOCC1)C(=O)C1N(CCCO)C(=O)[C@@H]2[C@H](C(=O)O)[C@@]3(C)OC12CC3C. The minimum absolute atomic E-state index is 0.119. The Balaban J connectivity index is 1.66. The second-order valence-corrected chi connectivity index (χ2v) is 10.2. The number of hydrogen-bond donors (Lipinski definition) is 2. The first-order valence-corrected chi connectivity index (χ1v) is 12.3. The summed E-state index contributed by atoms with van der Waals surface area (Å²) in [5, 5.41) is 19.5. The highest BCUT2D eigenvalue weighted by Crippen LogP contribution is 2.65. The van der Waals surface area contributed by atoms with Crippen molar-refractivity contribution in [2.45, 2.75) is 43.9 Å². The molecule has 0 aromatic rings. The molecule has 6 atom stereocenters. The van der Waals surface area contributed by atoms with Crippen LogP contribution in [-0.2, 0) is 23.9 Å². The molecule has 4 saturated heterocycles. The van der Waals surface area contributed by atoms with Crippen LogP contribution in [0.1, 0.15) is 26.7 Å². The van der Waals surface area contributed by atoms with Crippen LogP contribution in [0.2, 0.25) is 0 Å². The number of likely N-dealkylation sites (tertiary alicyclic amines) is 1. The van der Waals surface area contributed by atoms with Gasteiger partial charge in [0.1, 0.15) is 17.6 Å². The Kier molecular flexibility index (Phi) is 7.06. The molecule has 0 aromatic carbocycles. The topological polar surface area (TPSA) is 120 Å². The van der Waals surface area contributed by atoms with Crippen molar-refractivity contribution in [3.05, 3.63) is 12.7 Å². The van der Waals surface area contributed by atoms with Gasteiger partial charge in [0, 0.05) is 45.9 Å². The predicted molar refractivity (Wildman–Crippen MR) is 122 cm³/mol. The van der Waals surface area contributed by atoms with E-state index in [-0.39, 0.29) is 30.9 Å². The van der Waals surface area contributed by atoms with Crippen LogP contribution in [-0.4, -0.2) is 119 Å². The van der Waals surface area contributed by atoms with E-state index in [4.69, 9.17) is 9.47 Å². The Labute approximate surface area is 200 Å². The molecule has 2 bridgehead atoms. The predicted octanol–water partition coefficient (Wildman–Crippen LogP) is -0.189. The van der Waals surface area contributed by atoms with Gasteiger partial charge in [0.15, 0.2) is 0 Å². The lowest BCUT2D eigenvalue weighted by Gasteiger charge is -2.38. The number of carbonyl (C=O) groups is 3. The van der Waals surface area contributed by atoms with Gasteiger partial charge in [-0.3, -0.25) is 19.3 Å². The maximum Gasteiger partial charge on any atom is 0.310 e. The van der Waals surface area contributed by atoms with Crippen LogP contribution in [0.4, 0.5) is 0 Å². The second kappa shape index (κ2) is 9.56. The van der Waals surface area contributed by atoms with Crippen molar-refractivity contribution in [3.63, 3.8) is 0 Å². The molecule has 4 aliphatic rings. The fourth-order valence-corrected chi connectivity index (χ4v) is 6.58. The van der Waals surface area contributed by atoms with Gasteiger partial charge in [-0.25, -0.2) is 0 Å². The molecule has 10 nitrogen and oxygen atoms in total. The van der Waals surface area contributed by atoms with Crippen molar-refractivity contribution in [2.24, 2.45) is 17.8 Å². The first-order valence-electron chi connectivity index (χ1n) is 12.3. The maximum absolute atomic E-state index is 14.1. The number of rotatable bonds is 10. The van der Waals surface area contributed by atoms with Crippen LogP contribution in [0, 0.1) is 17.8 Å². The van der Waals surface area contributed by atoms with Gasteiger partial charge in [0.2, 0.25) is 11.8 Å². The number of aliphatic hydroxyl groups is 1. The summed E-state index contributed by atoms with van der Waals surface area (Å²) in [6.45, 7) is 11.9. The summed E-state index contributed by atoms with van der Waals surface area (Å²) in [7, 11) is 0. The zero-order valence-corrected chi connectivity index (χ0v) is 20.1. The molecule has 190 valence electrons. The Morgan fingerprint density at radius 2 is 2.00 bits per heavy atom. The normalized spacial score (nSPS) is 37.1. The van der Waals surface area contributed by atoms with Crippen LogP contribution >= 0.6 is 0 Å². The largest absolute Gasteiger partial charge is 0.481 e. The van der Waals surface area contributed by atoms with E-state index in [1.165, 1.54) is 4.90 Å². The van der Waals surface area contributed by atoms with Gasteiger partial charge in [-0.2, -0.15) is 0 Å². The van der Waals surface area contributed by atoms with Crippen molar-refractivity contribution in [2.75, 3.05) is 59.1 Å². The quantitative estimate of drug-likeness (QED) is 0.414. The van der Waals surface area contributed by atoms with Crippen molar-refractivity contribution >= 4 is 17.8 Å². The molecule has 0 saturated carbocycles. The number of amides is 2. The van der Waals surface area contributed by atoms with E-state index in [1.807, 2.05) is 6.92 Å². The zero-order chi connectivity index (χ0) is 24.7. The van der Waals surface area contributed by atoms with Crippen LogP contribution in [0.25, 0.3) is 0 Å². The van der Waals surface area contributed by atoms with E-state index in [0.29, 0.717) is 45.7 Å². The van der Waals surface area contributed by atoms with E-state index in [0.717, 1.165) is 13.1 Å². The molecule has 34 heavy (non-hydrogen) atoms. The summed E-state index contributed by atoms with van der Waals surface area (Å²) in [6, 6.07) is -0.921. The molecule has 3 unspecified atom stereocenters. The van der Waals surface area contributed by atoms with E-state index in [9.17, 15) is 24.6 Å². The van der Waals surface area contributed by atoms with Crippen LogP contribution in [0.5, 0.6) is 0 Å². The van der Waals surface area contributed by atoms with Gasteiger partial charge in [0.05, 0.1) is 24.7 Å². The molecule has 0 aliphatic carbocycles. The molecular weight excluding hydrogens is 442 g/mol. The fourth-order valence-electron chi connectivity index (χ4n) is 6.58. The van der Waals surface area contributed by atoms with Crippen molar-refractivity contribution in [3.8, 4) is 0 Å². The number of morpholine rings is 1. The molecule has 2 amide bonds. The van der Waals surface area contributed by atoms with Crippen LogP contribution in [0.15, 0.2) is 12.7 Å². The summed E-state index contributed by atoms with van der Waals surface area (Å²) in [4.78, 5) is 45.4. The number of carboxylic acids is 1. The average Bonchev–Trinajstić information content (AvgIpc) is 3.32. The van der Waals surface area contributed by atoms with Gasteiger partial charge in [0.25, 0.3) is 0 Å². The number of ether oxygens (including phenoxy) is 2. The highest BCUT2D eigenvalue weighted by Gasteiger charge is 2.80. The third-order valence-electron chi connectivity index (χ3n) is 8.32. The number of fused-ring (bicyclic) bond motifs is 1. The Bertz CT molecular complexity index is 831. The highest BCUT2D eigenvalue weighted by molar-refractivity contribution is 5.98. The number of carbonyl (C=O) groups excluding carboxylic acids is 2. The first kappa shape index (κ1) is 25.1. The first-order chi connectivity index (χ1) is 16.2. The molecule has 4 rings (SSSR count). The summed E-state index contributed by atoms with van der Waals surface area (Å²) >= 11 is 0. The average molecular weight is 480 g/mol. The van der Waals surface area contributed by atoms with Gasteiger partial charge in [-0.1, -0.05) is 13.0 Å². The van der Waals surface area contributed by atoms with Gasteiger partial charge in [-0.15, -0.1) is 6.58 Å². The number of hydrogen-bond acceptors (Lipinski definition) is 7. The minimum atomic E-state index is -1.18. The van der Waals surface area contributed by atoms with E-state index < -0.39 is 35.0 Å². The monoisotopic (exact) mass is 479 g/mol. The van der Waals surface area contributed by atoms with Crippen LogP contribution < -0.4 is 0 Å². The number of carboxylic acid groups (broad SMARTS) is 1. The van der Waals surface area contributed by atoms with E-state index in [1.54, 1.807) is 17.9 Å². The lowest BCUT2D eigenvalue weighted by Crippen LogP contribution is -2.57. The molecule has 4 fully saturated rings. The van der Waals surface area contributed by atoms with E-state index in [2.05, 4.69) is 11.5 Å². The highest BCUT2D eigenvalue weighted by atomic mass is 16.5. The summed E-state index contributed by atoms with van der Waals surface area (Å²) < 4.78 is 11.9. The van der Waals surface area contributed by atoms with Crippen molar-refractivity contribution < 1.29 is 34.1 Å². The third-order valence-corrected chi connectivity index (χ3v) is 8.32. The Hall–Kier alpha value is -2.01. The zero-order valence-electron chi connectivity index (χ0n) is 20.1. The van der Waals surface area contributed by atoms with E-state index >= 15 is 0 Å². The number of aliphatic carboxylic acids is 1. The Morgan fingerprint density at radius 3 is 2.62 bits per heavy atom. The van der Waals surface area contributed by atoms with Crippen LogP contribution in [0.3, 0.4) is 0 Å². The molecule has 10 heteroatoms. The summed E-state index contributed by atoms with van der Waals surface area (Å²) in [5.74, 6) is -3.72. The molecule has 1 spiro atoms. The maximum atomic E-state index is 14.1. The molecule has 4 heterocycles. The third kappa shape index (κ3) is 3.84. The summed E-state index contributed by atoms with van der Waals surface area (Å²) in [5.41, 5.74) is -2.19. The lowest BCUT2D eigenvalue weighted by molar-refractivity contribution is -0.158. The lowest BCUT2D eigenvalue weighted by atomic mass is 9.62. The molecular formula is C24H37N3O7. The smallest absolute Gasteiger partial charge is 0.310 e. The second-order valence-electron chi connectivity index (χ2n) is 10.2. The van der Waals surface area contributed by atoms with Gasteiger partial charge in [-0.05, 0) is 25.7 Å². The number of aliphatic hydroxyl groups excluding tert-OH is 1. The summed E-state index contributed by atoms with van der Waals surface area (Å²) in [6.07, 6.45) is 2.41. The standard InChI is InChI=1S/C24H37N3O7/c1-4-6-26(9-8-25-10-13-33-14-11-25)21(30)19-24-15-16(2)23(3,34-24)18(22(31)32)17(24)20(29)27(19)7-5-12-28/h4,16-19,28H,1,5-15H2,2-3H3,(H,31,32)/t16?,17-,18+,19?,23-,24?/m0/s1. The van der Waals surface area contributed by atoms with Gasteiger partial charge < -0.3 is 29.5 Å². The van der Waals surface area contributed by atoms with Gasteiger partial charge >= 0.3 is 5.97 Å². The molecule has 0 radical (unpaired) electrons. The fraction of sp³-hybridized carbons (Fsp3) is 0.792.